The zero-order chi connectivity index (χ0) is 18.0. The number of hydrogen-bond acceptors (Lipinski definition) is 3. The van der Waals surface area contributed by atoms with Gasteiger partial charge in [0.25, 0.3) is 5.56 Å². The van der Waals surface area contributed by atoms with E-state index in [9.17, 15) is 14.0 Å². The highest BCUT2D eigenvalue weighted by molar-refractivity contribution is 6.30. The van der Waals surface area contributed by atoms with Crippen molar-refractivity contribution < 1.29 is 9.13 Å². The van der Waals surface area contributed by atoms with E-state index in [0.29, 0.717) is 18.1 Å². The molecule has 5 nitrogen and oxygen atoms in total. The number of H-pyrrole nitrogens is 1. The standard InChI is InChI=1S/C18H16ClFN2O3/c1-25-9-8-16(11-2-4-12(19)5-3-11)22-17(23)14-7-6-13(20)10-15(14)21-18(22)24/h2-7,10,16H,8-9H2,1H3,(H,21,24). The van der Waals surface area contributed by atoms with E-state index >= 15 is 0 Å². The first kappa shape index (κ1) is 17.4. The topological polar surface area (TPSA) is 64.1 Å². The van der Waals surface area contributed by atoms with E-state index < -0.39 is 23.1 Å². The van der Waals surface area contributed by atoms with Gasteiger partial charge in [0.1, 0.15) is 5.82 Å². The molecule has 0 fully saturated rings. The van der Waals surface area contributed by atoms with Crippen LogP contribution in [0.15, 0.2) is 52.1 Å². The average Bonchev–Trinajstić information content (AvgIpc) is 2.58. The summed E-state index contributed by atoms with van der Waals surface area (Å²) >= 11 is 5.93. The first-order chi connectivity index (χ1) is 12.0. The summed E-state index contributed by atoms with van der Waals surface area (Å²) in [6, 6.07) is 10.1. The van der Waals surface area contributed by atoms with Gasteiger partial charge in [-0.05, 0) is 42.3 Å². The quantitative estimate of drug-likeness (QED) is 0.758. The molecule has 3 rings (SSSR count). The van der Waals surface area contributed by atoms with Gasteiger partial charge in [0.05, 0.1) is 16.9 Å². The van der Waals surface area contributed by atoms with Gasteiger partial charge in [-0.1, -0.05) is 23.7 Å². The highest BCUT2D eigenvalue weighted by atomic mass is 35.5. The van der Waals surface area contributed by atoms with Crippen LogP contribution in [0, 0.1) is 5.82 Å². The largest absolute Gasteiger partial charge is 0.385 e. The van der Waals surface area contributed by atoms with Gasteiger partial charge in [-0.15, -0.1) is 0 Å². The molecule has 0 aliphatic carbocycles. The zero-order valence-electron chi connectivity index (χ0n) is 13.5. The van der Waals surface area contributed by atoms with Gasteiger partial charge in [0.15, 0.2) is 0 Å². The number of nitrogens with one attached hydrogen (secondary N) is 1. The summed E-state index contributed by atoms with van der Waals surface area (Å²) in [5, 5.41) is 0.807. The molecule has 1 heterocycles. The highest BCUT2D eigenvalue weighted by Gasteiger charge is 2.19. The number of aromatic nitrogens is 2. The van der Waals surface area contributed by atoms with E-state index in [2.05, 4.69) is 4.98 Å². The van der Waals surface area contributed by atoms with Gasteiger partial charge in [0, 0.05) is 18.7 Å². The Labute approximate surface area is 147 Å². The monoisotopic (exact) mass is 362 g/mol. The molecule has 1 unspecified atom stereocenters. The minimum absolute atomic E-state index is 0.174. The van der Waals surface area contributed by atoms with E-state index in [1.54, 1.807) is 31.4 Å². The van der Waals surface area contributed by atoms with E-state index in [-0.39, 0.29) is 10.9 Å². The fourth-order valence-electron chi connectivity index (χ4n) is 2.85. The molecule has 0 radical (unpaired) electrons. The number of fused-ring (bicyclic) bond motifs is 1. The van der Waals surface area contributed by atoms with Crippen LogP contribution in [0.4, 0.5) is 4.39 Å². The van der Waals surface area contributed by atoms with Crippen LogP contribution in [0.2, 0.25) is 5.02 Å². The van der Waals surface area contributed by atoms with Gasteiger partial charge in [-0.25, -0.2) is 9.18 Å². The fraction of sp³-hybridized carbons (Fsp3) is 0.222. The molecule has 7 heteroatoms. The molecule has 0 saturated heterocycles. The molecule has 0 aliphatic heterocycles. The lowest BCUT2D eigenvalue weighted by Crippen LogP contribution is -2.39. The van der Waals surface area contributed by atoms with E-state index in [0.717, 1.165) is 16.2 Å². The van der Waals surface area contributed by atoms with Crippen LogP contribution in [0.5, 0.6) is 0 Å². The van der Waals surface area contributed by atoms with Crippen molar-refractivity contribution in [2.75, 3.05) is 13.7 Å². The second-order valence-corrected chi connectivity index (χ2v) is 6.08. The summed E-state index contributed by atoms with van der Waals surface area (Å²) in [7, 11) is 1.55. The molecule has 0 amide bonds. The maximum Gasteiger partial charge on any atom is 0.329 e. The minimum Gasteiger partial charge on any atom is -0.385 e. The lowest BCUT2D eigenvalue weighted by Gasteiger charge is -2.19. The van der Waals surface area contributed by atoms with Crippen LogP contribution in [0.3, 0.4) is 0 Å². The summed E-state index contributed by atoms with van der Waals surface area (Å²) in [4.78, 5) is 28.0. The van der Waals surface area contributed by atoms with Gasteiger partial charge >= 0.3 is 5.69 Å². The Kier molecular flexibility index (Phi) is 5.01. The van der Waals surface area contributed by atoms with Crippen molar-refractivity contribution >= 4 is 22.5 Å². The predicted molar refractivity (Wildman–Crippen MR) is 94.9 cm³/mol. The Balaban J connectivity index is 2.21. The molecule has 1 N–H and O–H groups in total. The van der Waals surface area contributed by atoms with Crippen molar-refractivity contribution in [1.82, 2.24) is 9.55 Å². The van der Waals surface area contributed by atoms with Crippen molar-refractivity contribution in [2.24, 2.45) is 0 Å². The van der Waals surface area contributed by atoms with Crippen molar-refractivity contribution in [3.8, 4) is 0 Å². The maximum atomic E-state index is 13.4. The summed E-state index contributed by atoms with van der Waals surface area (Å²) in [5.41, 5.74) is -0.141. The van der Waals surface area contributed by atoms with Gasteiger partial charge in [-0.2, -0.15) is 0 Å². The lowest BCUT2D eigenvalue weighted by atomic mass is 10.0. The third-order valence-electron chi connectivity index (χ3n) is 4.05. The Morgan fingerprint density at radius 3 is 2.60 bits per heavy atom. The smallest absolute Gasteiger partial charge is 0.329 e. The molecule has 0 saturated carbocycles. The van der Waals surface area contributed by atoms with E-state index in [4.69, 9.17) is 16.3 Å². The number of methoxy groups -OCH3 is 1. The van der Waals surface area contributed by atoms with Crippen molar-refractivity contribution in [2.45, 2.75) is 12.5 Å². The number of hydrogen-bond donors (Lipinski definition) is 1. The lowest BCUT2D eigenvalue weighted by molar-refractivity contribution is 0.182. The van der Waals surface area contributed by atoms with Gasteiger partial charge in [-0.3, -0.25) is 9.36 Å². The summed E-state index contributed by atoms with van der Waals surface area (Å²) in [6.45, 7) is 0.362. The summed E-state index contributed by atoms with van der Waals surface area (Å²) < 4.78 is 19.6. The third-order valence-corrected chi connectivity index (χ3v) is 4.31. The van der Waals surface area contributed by atoms with Crippen molar-refractivity contribution in [1.29, 1.82) is 0 Å². The highest BCUT2D eigenvalue weighted by Crippen LogP contribution is 2.22. The normalized spacial score (nSPS) is 12.4. The predicted octanol–water partition coefficient (Wildman–Crippen LogP) is 3.11. The molecule has 2 aromatic carbocycles. The average molecular weight is 363 g/mol. The first-order valence-electron chi connectivity index (χ1n) is 7.69. The number of aromatic amines is 1. The minimum atomic E-state index is -0.598. The van der Waals surface area contributed by atoms with Crippen LogP contribution < -0.4 is 11.2 Å². The Morgan fingerprint density at radius 2 is 1.92 bits per heavy atom. The molecular formula is C18H16ClFN2O3. The number of halogens is 2. The maximum absolute atomic E-state index is 13.4. The third kappa shape index (κ3) is 3.50. The SMILES string of the molecule is COCCC(c1ccc(Cl)cc1)n1c(=O)[nH]c2cc(F)ccc2c1=O. The van der Waals surface area contributed by atoms with Gasteiger partial charge in [0.2, 0.25) is 0 Å². The summed E-state index contributed by atoms with van der Waals surface area (Å²) in [5.74, 6) is -0.520. The van der Waals surface area contributed by atoms with Crippen LogP contribution in [-0.4, -0.2) is 23.3 Å². The first-order valence-corrected chi connectivity index (χ1v) is 8.07. The molecule has 1 aromatic heterocycles. The zero-order valence-corrected chi connectivity index (χ0v) is 14.2. The molecule has 0 spiro atoms. The fourth-order valence-corrected chi connectivity index (χ4v) is 2.97. The Hall–Kier alpha value is -2.44. The number of ether oxygens (including phenoxy) is 1. The van der Waals surface area contributed by atoms with Crippen LogP contribution >= 0.6 is 11.6 Å². The molecule has 3 aromatic rings. The second-order valence-electron chi connectivity index (χ2n) is 5.64. The number of benzene rings is 2. The van der Waals surface area contributed by atoms with Crippen LogP contribution in [0.25, 0.3) is 10.9 Å². The van der Waals surface area contributed by atoms with Crippen LogP contribution in [-0.2, 0) is 4.74 Å². The molecule has 130 valence electrons. The summed E-state index contributed by atoms with van der Waals surface area (Å²) in [6.07, 6.45) is 0.424. The van der Waals surface area contributed by atoms with Crippen molar-refractivity contribution in [3.63, 3.8) is 0 Å². The Morgan fingerprint density at radius 1 is 1.20 bits per heavy atom. The number of nitrogens with zero attached hydrogens (tertiary/aromatic N) is 1. The van der Waals surface area contributed by atoms with Gasteiger partial charge < -0.3 is 9.72 Å². The van der Waals surface area contributed by atoms with E-state index in [1.165, 1.54) is 12.1 Å². The Bertz CT molecular complexity index is 1010. The van der Waals surface area contributed by atoms with Crippen LogP contribution in [0.1, 0.15) is 18.0 Å². The second kappa shape index (κ2) is 7.21. The van der Waals surface area contributed by atoms with E-state index in [1.807, 2.05) is 0 Å². The molecule has 25 heavy (non-hydrogen) atoms. The van der Waals surface area contributed by atoms with Crippen molar-refractivity contribution in [3.05, 3.63) is 79.7 Å². The molecule has 0 bridgehead atoms. The molecular weight excluding hydrogens is 347 g/mol. The molecule has 0 aliphatic rings. The molecule has 1 atom stereocenters. The number of rotatable bonds is 5.